The van der Waals surface area contributed by atoms with Gasteiger partial charge in [-0.1, -0.05) is 30.3 Å². The van der Waals surface area contributed by atoms with E-state index in [1.54, 1.807) is 12.3 Å². The molecule has 0 saturated carbocycles. The lowest BCUT2D eigenvalue weighted by atomic mass is 10.1. The molecule has 0 aliphatic heterocycles. The molecule has 0 fully saturated rings. The van der Waals surface area contributed by atoms with Gasteiger partial charge in [0, 0.05) is 35.7 Å². The lowest BCUT2D eigenvalue weighted by molar-refractivity contribution is -0.422. The molecule has 1 N–H and O–H groups in total. The number of nitrogens with zero attached hydrogens (tertiary/aromatic N) is 1. The number of allylic oxidation sites excluding steroid dienone is 1. The molecule has 1 heterocycles. The van der Waals surface area contributed by atoms with Crippen molar-refractivity contribution in [1.29, 1.82) is 0 Å². The first-order chi connectivity index (χ1) is 11.1. The Morgan fingerprint density at radius 2 is 2.04 bits per heavy atom. The smallest absolute Gasteiger partial charge is 0.243 e. The van der Waals surface area contributed by atoms with Crippen molar-refractivity contribution >= 4 is 17.0 Å². The van der Waals surface area contributed by atoms with Crippen molar-refractivity contribution in [3.63, 3.8) is 0 Å². The van der Waals surface area contributed by atoms with Gasteiger partial charge in [0.05, 0.1) is 4.92 Å². The average molecular weight is 308 g/mol. The molecule has 0 radical (unpaired) electrons. The second kappa shape index (κ2) is 6.36. The predicted molar refractivity (Wildman–Crippen MR) is 89.7 cm³/mol. The van der Waals surface area contributed by atoms with Crippen LogP contribution < -0.4 is 4.74 Å². The number of hydrogen-bond acceptors (Lipinski definition) is 3. The monoisotopic (exact) mass is 308 g/mol. The molecule has 0 aliphatic carbocycles. The van der Waals surface area contributed by atoms with E-state index in [0.29, 0.717) is 6.61 Å². The number of aromatic amines is 1. The Balaban J connectivity index is 1.86. The van der Waals surface area contributed by atoms with Crippen molar-refractivity contribution in [1.82, 2.24) is 4.98 Å². The van der Waals surface area contributed by atoms with Gasteiger partial charge >= 0.3 is 0 Å². The third-order valence-corrected chi connectivity index (χ3v) is 3.59. The Hall–Kier alpha value is -3.08. The summed E-state index contributed by atoms with van der Waals surface area (Å²) in [4.78, 5) is 13.5. The van der Waals surface area contributed by atoms with Gasteiger partial charge in [-0.05, 0) is 23.8 Å². The predicted octanol–water partition coefficient (Wildman–Crippen LogP) is 4.38. The molecular formula is C18H16N2O3. The van der Waals surface area contributed by atoms with Crippen molar-refractivity contribution in [2.24, 2.45) is 0 Å². The minimum Gasteiger partial charge on any atom is -0.489 e. The fraction of sp³-hybridized carbons (Fsp3) is 0.111. The molecule has 0 unspecified atom stereocenters. The third kappa shape index (κ3) is 3.40. The zero-order valence-corrected chi connectivity index (χ0v) is 12.7. The van der Waals surface area contributed by atoms with E-state index >= 15 is 0 Å². The van der Waals surface area contributed by atoms with Gasteiger partial charge in [0.15, 0.2) is 0 Å². The quantitative estimate of drug-likeness (QED) is 0.561. The van der Waals surface area contributed by atoms with Crippen LogP contribution in [0.1, 0.15) is 18.1 Å². The first-order valence-corrected chi connectivity index (χ1v) is 7.24. The van der Waals surface area contributed by atoms with Crippen molar-refractivity contribution in [2.45, 2.75) is 13.5 Å². The minimum absolute atomic E-state index is 0.0986. The average Bonchev–Trinajstić information content (AvgIpc) is 2.96. The van der Waals surface area contributed by atoms with Crippen LogP contribution in [0.15, 0.2) is 60.4 Å². The third-order valence-electron chi connectivity index (χ3n) is 3.59. The van der Waals surface area contributed by atoms with E-state index in [4.69, 9.17) is 4.74 Å². The van der Waals surface area contributed by atoms with Crippen LogP contribution in [0, 0.1) is 10.1 Å². The highest BCUT2D eigenvalue weighted by atomic mass is 16.6. The molecule has 0 bridgehead atoms. The summed E-state index contributed by atoms with van der Waals surface area (Å²) in [6, 6.07) is 15.6. The first-order valence-electron chi connectivity index (χ1n) is 7.24. The number of ether oxygens (including phenoxy) is 1. The molecule has 23 heavy (non-hydrogen) atoms. The summed E-state index contributed by atoms with van der Waals surface area (Å²) in [6.45, 7) is 1.96. The van der Waals surface area contributed by atoms with Crippen LogP contribution in [0.5, 0.6) is 5.75 Å². The zero-order valence-electron chi connectivity index (χ0n) is 12.7. The molecule has 0 atom stereocenters. The number of benzene rings is 2. The summed E-state index contributed by atoms with van der Waals surface area (Å²) in [5.74, 6) is 0.731. The van der Waals surface area contributed by atoms with E-state index in [9.17, 15) is 10.1 Å². The largest absolute Gasteiger partial charge is 0.489 e. The number of nitrogens with one attached hydrogen (secondary N) is 1. The van der Waals surface area contributed by atoms with E-state index in [-0.39, 0.29) is 5.70 Å². The van der Waals surface area contributed by atoms with E-state index in [1.165, 1.54) is 6.92 Å². The second-order valence-corrected chi connectivity index (χ2v) is 5.27. The molecule has 5 nitrogen and oxygen atoms in total. The zero-order chi connectivity index (χ0) is 16.2. The maximum Gasteiger partial charge on any atom is 0.243 e. The summed E-state index contributed by atoms with van der Waals surface area (Å²) in [5.41, 5.74) is 2.88. The number of rotatable bonds is 5. The van der Waals surface area contributed by atoms with Crippen LogP contribution in [-0.4, -0.2) is 9.91 Å². The van der Waals surface area contributed by atoms with Gasteiger partial charge in [0.2, 0.25) is 5.70 Å². The molecule has 0 saturated heterocycles. The highest BCUT2D eigenvalue weighted by molar-refractivity contribution is 5.90. The molecule has 0 amide bonds. The highest BCUT2D eigenvalue weighted by Crippen LogP contribution is 2.26. The number of fused-ring (bicyclic) bond motifs is 1. The molecule has 2 aromatic carbocycles. The van der Waals surface area contributed by atoms with Crippen molar-refractivity contribution in [2.75, 3.05) is 0 Å². The standard InChI is InChI=1S/C18H16N2O3/c1-13(20(21)22)9-15-11-19-18-8-7-16(10-17(15)18)23-12-14-5-3-2-4-6-14/h2-11,19H,12H2,1H3/b13-9-. The number of H-pyrrole nitrogens is 1. The topological polar surface area (TPSA) is 68.2 Å². The summed E-state index contributed by atoms with van der Waals surface area (Å²) in [7, 11) is 0. The molecule has 3 aromatic rings. The van der Waals surface area contributed by atoms with Crippen LogP contribution >= 0.6 is 0 Å². The van der Waals surface area contributed by atoms with Crippen LogP contribution in [0.2, 0.25) is 0 Å². The van der Waals surface area contributed by atoms with Gasteiger partial charge in [-0.15, -0.1) is 0 Å². The Kier molecular flexibility index (Phi) is 4.10. The highest BCUT2D eigenvalue weighted by Gasteiger charge is 2.08. The van der Waals surface area contributed by atoms with Crippen molar-refractivity contribution < 1.29 is 9.66 Å². The van der Waals surface area contributed by atoms with Gasteiger partial charge in [0.25, 0.3) is 0 Å². The Labute approximate surface area is 133 Å². The molecule has 3 rings (SSSR count). The van der Waals surface area contributed by atoms with Gasteiger partial charge in [0.1, 0.15) is 12.4 Å². The van der Waals surface area contributed by atoms with E-state index < -0.39 is 4.92 Å². The molecule has 0 aliphatic rings. The molecule has 116 valence electrons. The Morgan fingerprint density at radius 1 is 1.26 bits per heavy atom. The molecular weight excluding hydrogens is 292 g/mol. The van der Waals surface area contributed by atoms with Crippen LogP contribution in [-0.2, 0) is 6.61 Å². The Bertz CT molecular complexity index is 866. The van der Waals surface area contributed by atoms with Gasteiger partial charge < -0.3 is 9.72 Å². The summed E-state index contributed by atoms with van der Waals surface area (Å²) >= 11 is 0. The van der Waals surface area contributed by atoms with Crippen LogP contribution in [0.3, 0.4) is 0 Å². The van der Waals surface area contributed by atoms with Crippen LogP contribution in [0.4, 0.5) is 0 Å². The van der Waals surface area contributed by atoms with Crippen molar-refractivity contribution in [3.05, 3.63) is 81.7 Å². The minimum atomic E-state index is -0.394. The molecule has 5 heteroatoms. The first kappa shape index (κ1) is 14.8. The summed E-state index contributed by atoms with van der Waals surface area (Å²) in [6.07, 6.45) is 3.32. The van der Waals surface area contributed by atoms with E-state index in [1.807, 2.05) is 48.5 Å². The normalized spacial score (nSPS) is 11.6. The van der Waals surface area contributed by atoms with Crippen molar-refractivity contribution in [3.8, 4) is 5.75 Å². The summed E-state index contributed by atoms with van der Waals surface area (Å²) < 4.78 is 5.81. The number of nitro groups is 1. The fourth-order valence-corrected chi connectivity index (χ4v) is 2.35. The Morgan fingerprint density at radius 3 is 2.78 bits per heavy atom. The second-order valence-electron chi connectivity index (χ2n) is 5.27. The maximum absolute atomic E-state index is 10.8. The number of aromatic nitrogens is 1. The lowest BCUT2D eigenvalue weighted by Gasteiger charge is -2.06. The van der Waals surface area contributed by atoms with Gasteiger partial charge in [-0.3, -0.25) is 10.1 Å². The lowest BCUT2D eigenvalue weighted by Crippen LogP contribution is -1.95. The summed E-state index contributed by atoms with van der Waals surface area (Å²) in [5, 5.41) is 11.7. The SMILES string of the molecule is C/C(=C/c1c[nH]c2ccc(OCc3ccccc3)cc12)[N+](=O)[O-]. The molecule has 0 spiro atoms. The van der Waals surface area contributed by atoms with Crippen LogP contribution in [0.25, 0.3) is 17.0 Å². The van der Waals surface area contributed by atoms with Gasteiger partial charge in [-0.25, -0.2) is 0 Å². The molecule has 1 aromatic heterocycles. The van der Waals surface area contributed by atoms with Gasteiger partial charge in [-0.2, -0.15) is 0 Å². The number of hydrogen-bond donors (Lipinski definition) is 1. The van der Waals surface area contributed by atoms with E-state index in [2.05, 4.69) is 4.98 Å². The van der Waals surface area contributed by atoms with E-state index in [0.717, 1.165) is 27.8 Å². The maximum atomic E-state index is 10.8. The fourth-order valence-electron chi connectivity index (χ4n) is 2.35.